The van der Waals surface area contributed by atoms with Crippen LogP contribution in [0.2, 0.25) is 10.3 Å². The fraction of sp³-hybridized carbons (Fsp3) is 0.379. The summed E-state index contributed by atoms with van der Waals surface area (Å²) < 4.78 is 21.7. The van der Waals surface area contributed by atoms with Crippen LogP contribution in [0.3, 0.4) is 0 Å². The summed E-state index contributed by atoms with van der Waals surface area (Å²) in [5.74, 6) is -0.673. The lowest BCUT2D eigenvalue weighted by atomic mass is 9.89. The lowest BCUT2D eigenvalue weighted by Gasteiger charge is -2.43. The number of carbonyl (C=O) groups excluding carboxylic acids is 1. The van der Waals surface area contributed by atoms with Gasteiger partial charge in [-0.25, -0.2) is 9.37 Å². The second-order valence-electron chi connectivity index (χ2n) is 11.5. The predicted octanol–water partition coefficient (Wildman–Crippen LogP) is 5.30. The van der Waals surface area contributed by atoms with Crippen molar-refractivity contribution < 1.29 is 19.0 Å². The third-order valence-electron chi connectivity index (χ3n) is 7.48. The molecular formula is C29H28Cl2FN5O3. The van der Waals surface area contributed by atoms with Gasteiger partial charge in [0.15, 0.2) is 5.82 Å². The molecule has 2 aromatic carbocycles. The van der Waals surface area contributed by atoms with E-state index in [1.807, 2.05) is 29.2 Å². The molecule has 2 bridgehead atoms. The van der Waals surface area contributed by atoms with Gasteiger partial charge in [-0.2, -0.15) is 4.98 Å². The number of fused-ring (bicyclic) bond motifs is 4. The van der Waals surface area contributed by atoms with Crippen molar-refractivity contribution in [2.45, 2.75) is 56.9 Å². The molecule has 2 aliphatic heterocycles. The molecule has 0 radical (unpaired) electrons. The maximum atomic E-state index is 16.2. The van der Waals surface area contributed by atoms with Gasteiger partial charge in [0, 0.05) is 41.3 Å². The lowest BCUT2D eigenvalue weighted by molar-refractivity contribution is -0.157. The topological polar surface area (TPSA) is 100 Å². The number of aromatic nitrogens is 3. The van der Waals surface area contributed by atoms with Gasteiger partial charge in [-0.05, 0) is 50.2 Å². The largest absolute Gasteiger partial charge is 0.460 e. The van der Waals surface area contributed by atoms with Crippen molar-refractivity contribution in [1.82, 2.24) is 20.3 Å². The fourth-order valence-electron chi connectivity index (χ4n) is 5.96. The molecule has 0 saturated carbocycles. The number of anilines is 1. The van der Waals surface area contributed by atoms with Crippen LogP contribution >= 0.6 is 23.2 Å². The first kappa shape index (κ1) is 27.1. The first-order chi connectivity index (χ1) is 18.9. The Balaban J connectivity index is 1.42. The van der Waals surface area contributed by atoms with Gasteiger partial charge in [-0.15, -0.1) is 0 Å². The van der Waals surface area contributed by atoms with E-state index in [9.17, 15) is 9.90 Å². The molecule has 4 heterocycles. The number of esters is 1. The van der Waals surface area contributed by atoms with Crippen molar-refractivity contribution in [2.75, 3.05) is 18.0 Å². The zero-order valence-corrected chi connectivity index (χ0v) is 23.7. The summed E-state index contributed by atoms with van der Waals surface area (Å²) in [7, 11) is 0. The summed E-state index contributed by atoms with van der Waals surface area (Å²) >= 11 is 12.8. The number of hydrogen-bond donors (Lipinski definition) is 2. The summed E-state index contributed by atoms with van der Waals surface area (Å²) in [4.78, 5) is 27.9. The second kappa shape index (κ2) is 9.76. The normalized spacial score (nSPS) is 22.7. The van der Waals surface area contributed by atoms with Gasteiger partial charge in [0.2, 0.25) is 5.28 Å². The van der Waals surface area contributed by atoms with Crippen molar-refractivity contribution in [2.24, 2.45) is 0 Å². The molecule has 2 N–H and O–H groups in total. The van der Waals surface area contributed by atoms with Crippen LogP contribution in [0.25, 0.3) is 32.9 Å². The van der Waals surface area contributed by atoms with E-state index in [0.29, 0.717) is 40.1 Å². The maximum absolute atomic E-state index is 16.2. The highest BCUT2D eigenvalue weighted by Gasteiger charge is 2.53. The van der Waals surface area contributed by atoms with Crippen LogP contribution in [0, 0.1) is 5.82 Å². The number of halogens is 3. The van der Waals surface area contributed by atoms with E-state index in [2.05, 4.69) is 20.3 Å². The highest BCUT2D eigenvalue weighted by Crippen LogP contribution is 2.40. The Hall–Kier alpha value is -3.11. The number of rotatable bonds is 4. The Labute approximate surface area is 240 Å². The first-order valence-electron chi connectivity index (χ1n) is 13.1. The number of hydrogen-bond acceptors (Lipinski definition) is 8. The van der Waals surface area contributed by atoms with E-state index < -0.39 is 29.0 Å². The van der Waals surface area contributed by atoms with Crippen molar-refractivity contribution in [3.05, 3.63) is 58.7 Å². The quantitative estimate of drug-likeness (QED) is 0.246. The molecule has 208 valence electrons. The van der Waals surface area contributed by atoms with Gasteiger partial charge in [0.1, 0.15) is 22.6 Å². The third-order valence-corrected chi connectivity index (χ3v) is 7.96. The van der Waals surface area contributed by atoms with E-state index in [0.717, 1.165) is 5.39 Å². The summed E-state index contributed by atoms with van der Waals surface area (Å²) in [6, 6.07) is 10.9. The number of ether oxygens (including phenoxy) is 1. The molecular weight excluding hydrogens is 556 g/mol. The molecule has 2 saturated heterocycles. The van der Waals surface area contributed by atoms with Gasteiger partial charge >= 0.3 is 5.97 Å². The molecule has 6 rings (SSSR count). The lowest BCUT2D eigenvalue weighted by Crippen LogP contribution is -2.63. The second-order valence-corrected chi connectivity index (χ2v) is 12.3. The molecule has 2 fully saturated rings. The van der Waals surface area contributed by atoms with Crippen molar-refractivity contribution in [3.63, 3.8) is 0 Å². The molecule has 4 aromatic rings. The van der Waals surface area contributed by atoms with Crippen LogP contribution in [0.15, 0.2) is 42.6 Å². The van der Waals surface area contributed by atoms with Gasteiger partial charge in [0.05, 0.1) is 23.4 Å². The predicted molar refractivity (Wildman–Crippen MR) is 153 cm³/mol. The average molecular weight is 584 g/mol. The van der Waals surface area contributed by atoms with Crippen molar-refractivity contribution >= 4 is 56.7 Å². The number of pyridine rings is 1. The number of aliphatic hydroxyl groups is 1. The minimum absolute atomic E-state index is 0.0247. The molecule has 0 spiro atoms. The number of benzene rings is 2. The van der Waals surface area contributed by atoms with E-state index in [1.54, 1.807) is 32.9 Å². The molecule has 2 aromatic heterocycles. The summed E-state index contributed by atoms with van der Waals surface area (Å²) in [6.07, 6.45) is 1.18. The maximum Gasteiger partial charge on any atom is 0.308 e. The van der Waals surface area contributed by atoms with Crippen LogP contribution in [0.5, 0.6) is 0 Å². The Morgan fingerprint density at radius 2 is 1.98 bits per heavy atom. The standard InChI is InChI=1S/C29H28Cl2FN5O3/c1-28(2,3)40-21(39)11-29-14-37(13-16(36-29)10-20(29)38)26-18-12-33-24(23(32)25(18)34-27(31)35-26)17-8-4-6-15-7-5-9-19(30)22(15)17/h4-9,12,16,20,36,38H,10-11,13-14H2,1-3H3/t16-,20-,29+/m1/s1. The molecule has 2 aliphatic rings. The smallest absolute Gasteiger partial charge is 0.308 e. The summed E-state index contributed by atoms with van der Waals surface area (Å²) in [6.45, 7) is 6.10. The molecule has 40 heavy (non-hydrogen) atoms. The number of piperazine rings is 1. The SMILES string of the molecule is CC(C)(C)OC(=O)C[C@]12CN(c3nc(Cl)nc4c(F)c(-c5cccc6cccc(Cl)c56)ncc34)C[C@@H](C[C@H]1O)N2. The highest BCUT2D eigenvalue weighted by atomic mass is 35.5. The fourth-order valence-corrected chi connectivity index (χ4v) is 6.41. The van der Waals surface area contributed by atoms with Gasteiger partial charge in [0.25, 0.3) is 0 Å². The van der Waals surface area contributed by atoms with Crippen molar-refractivity contribution in [3.8, 4) is 11.3 Å². The Morgan fingerprint density at radius 1 is 1.23 bits per heavy atom. The number of carbonyl (C=O) groups is 1. The van der Waals surface area contributed by atoms with Crippen LogP contribution in [0.4, 0.5) is 10.2 Å². The molecule has 0 amide bonds. The van der Waals surface area contributed by atoms with E-state index in [4.69, 9.17) is 27.9 Å². The Morgan fingerprint density at radius 3 is 2.73 bits per heavy atom. The molecule has 11 heteroatoms. The van der Waals surface area contributed by atoms with E-state index in [-0.39, 0.29) is 35.5 Å². The zero-order valence-electron chi connectivity index (χ0n) is 22.2. The Kier molecular flexibility index (Phi) is 6.61. The molecule has 0 unspecified atom stereocenters. The zero-order chi connectivity index (χ0) is 28.4. The van der Waals surface area contributed by atoms with Crippen LogP contribution < -0.4 is 10.2 Å². The summed E-state index contributed by atoms with van der Waals surface area (Å²) in [5, 5.41) is 16.7. The number of nitrogens with zero attached hydrogens (tertiary/aromatic N) is 4. The monoisotopic (exact) mass is 583 g/mol. The Bertz CT molecular complexity index is 1660. The average Bonchev–Trinajstić information content (AvgIpc) is 3.09. The van der Waals surface area contributed by atoms with Gasteiger partial charge in [-0.3, -0.25) is 9.78 Å². The molecule has 8 nitrogen and oxygen atoms in total. The van der Waals surface area contributed by atoms with E-state index in [1.165, 1.54) is 6.20 Å². The highest BCUT2D eigenvalue weighted by molar-refractivity contribution is 6.36. The number of aliphatic hydroxyl groups excluding tert-OH is 1. The van der Waals surface area contributed by atoms with Crippen LogP contribution in [-0.4, -0.2) is 62.4 Å². The van der Waals surface area contributed by atoms with Gasteiger partial charge < -0.3 is 20.1 Å². The minimum Gasteiger partial charge on any atom is -0.460 e. The minimum atomic E-state index is -0.958. The number of nitrogens with one attached hydrogen (secondary N) is 1. The van der Waals surface area contributed by atoms with Gasteiger partial charge in [-0.1, -0.05) is 41.9 Å². The third kappa shape index (κ3) is 4.75. The van der Waals surface area contributed by atoms with E-state index >= 15 is 4.39 Å². The summed E-state index contributed by atoms with van der Waals surface area (Å²) in [5.41, 5.74) is -0.948. The van der Waals surface area contributed by atoms with Crippen LogP contribution in [-0.2, 0) is 9.53 Å². The first-order valence-corrected chi connectivity index (χ1v) is 13.8. The molecule has 0 aliphatic carbocycles. The molecule has 3 atom stereocenters. The van der Waals surface area contributed by atoms with Crippen LogP contribution in [0.1, 0.15) is 33.6 Å². The van der Waals surface area contributed by atoms with Crippen molar-refractivity contribution in [1.29, 1.82) is 0 Å².